The Labute approximate surface area is 69.6 Å². The van der Waals surface area contributed by atoms with Crippen molar-refractivity contribution < 1.29 is 9.16 Å². The summed E-state index contributed by atoms with van der Waals surface area (Å²) < 4.78 is 10.1. The number of rotatable bonds is 4. The number of ether oxygens (including phenoxy) is 1. The van der Waals surface area contributed by atoms with E-state index in [1.165, 1.54) is 0 Å². The molecule has 0 unspecified atom stereocenters. The second-order valence-electron chi connectivity index (χ2n) is 3.12. The number of hydrogen-bond donors (Lipinski definition) is 0. The molecule has 0 N–H and O–H groups in total. The van der Waals surface area contributed by atoms with Crippen molar-refractivity contribution in [3.63, 3.8) is 0 Å². The lowest BCUT2D eigenvalue weighted by atomic mass is 10.6. The molecule has 64 valence electrons. The molecule has 0 aromatic carbocycles. The normalized spacial score (nSPS) is 12.7. The predicted octanol–water partition coefficient (Wildman–Crippen LogP) is 2.51. The largest absolute Gasteiger partial charge is 0.550 e. The Morgan fingerprint density at radius 2 is 1.55 bits per heavy atom. The molecular formula is C8H16O2Si. The summed E-state index contributed by atoms with van der Waals surface area (Å²) in [5.41, 5.74) is 0. The molecule has 0 aliphatic rings. The van der Waals surface area contributed by atoms with Gasteiger partial charge >= 0.3 is 0 Å². The first-order valence-corrected chi connectivity index (χ1v) is 6.99. The van der Waals surface area contributed by atoms with Crippen LogP contribution >= 0.6 is 0 Å². The highest BCUT2D eigenvalue weighted by atomic mass is 28.4. The molecule has 0 bridgehead atoms. The molecule has 0 aliphatic carbocycles. The Balaban J connectivity index is 3.53. The van der Waals surface area contributed by atoms with Crippen molar-refractivity contribution in [2.24, 2.45) is 0 Å². The molecular weight excluding hydrogens is 156 g/mol. The molecule has 0 radical (unpaired) electrons. The first-order valence-electron chi connectivity index (χ1n) is 3.58. The van der Waals surface area contributed by atoms with E-state index in [0.717, 1.165) is 0 Å². The van der Waals surface area contributed by atoms with Crippen molar-refractivity contribution in [2.45, 2.75) is 19.6 Å². The Morgan fingerprint density at radius 1 is 1.00 bits per heavy atom. The molecule has 0 aliphatic heterocycles. The van der Waals surface area contributed by atoms with Crippen LogP contribution in [0.3, 0.4) is 0 Å². The standard InChI is InChI=1S/C8H16O2Si/c1-9-7-5-6-8-10-11(2,3)4/h5-8H,1-4H3. The Hall–Kier alpha value is -0.703. The summed E-state index contributed by atoms with van der Waals surface area (Å²) in [6, 6.07) is 0. The summed E-state index contributed by atoms with van der Waals surface area (Å²) in [5, 5.41) is 0. The highest BCUT2D eigenvalue weighted by molar-refractivity contribution is 6.69. The summed E-state index contributed by atoms with van der Waals surface area (Å²) in [4.78, 5) is 0. The van der Waals surface area contributed by atoms with Crippen molar-refractivity contribution in [1.29, 1.82) is 0 Å². The maximum absolute atomic E-state index is 5.43. The van der Waals surface area contributed by atoms with Gasteiger partial charge in [0.05, 0.1) is 19.6 Å². The zero-order chi connectivity index (χ0) is 8.74. The van der Waals surface area contributed by atoms with Gasteiger partial charge in [-0.1, -0.05) is 0 Å². The molecule has 0 amide bonds. The monoisotopic (exact) mass is 172 g/mol. The quantitative estimate of drug-likeness (QED) is 0.368. The van der Waals surface area contributed by atoms with Gasteiger partial charge in [-0.15, -0.1) is 0 Å². The molecule has 0 heterocycles. The van der Waals surface area contributed by atoms with Crippen molar-refractivity contribution in [2.75, 3.05) is 7.11 Å². The maximum Gasteiger partial charge on any atom is 0.241 e. The maximum atomic E-state index is 5.43. The van der Waals surface area contributed by atoms with E-state index < -0.39 is 8.32 Å². The van der Waals surface area contributed by atoms with E-state index in [-0.39, 0.29) is 0 Å². The van der Waals surface area contributed by atoms with E-state index in [1.807, 2.05) is 6.08 Å². The van der Waals surface area contributed by atoms with E-state index in [2.05, 4.69) is 19.6 Å². The number of methoxy groups -OCH3 is 1. The highest BCUT2D eigenvalue weighted by Gasteiger charge is 2.12. The lowest BCUT2D eigenvalue weighted by Crippen LogP contribution is -2.21. The molecule has 0 rings (SSSR count). The molecule has 2 nitrogen and oxygen atoms in total. The van der Waals surface area contributed by atoms with Gasteiger partial charge in [0.15, 0.2) is 0 Å². The van der Waals surface area contributed by atoms with E-state index in [9.17, 15) is 0 Å². The van der Waals surface area contributed by atoms with Crippen LogP contribution in [-0.4, -0.2) is 15.4 Å². The molecule has 0 fully saturated rings. The summed E-state index contributed by atoms with van der Waals surface area (Å²) >= 11 is 0. The minimum Gasteiger partial charge on any atom is -0.550 e. The fourth-order valence-electron chi connectivity index (χ4n) is 0.413. The smallest absolute Gasteiger partial charge is 0.241 e. The molecule has 11 heavy (non-hydrogen) atoms. The lowest BCUT2D eigenvalue weighted by Gasteiger charge is -2.13. The first kappa shape index (κ1) is 10.3. The second kappa shape index (κ2) is 5.01. The van der Waals surface area contributed by atoms with E-state index in [0.29, 0.717) is 0 Å². The fraction of sp³-hybridized carbons (Fsp3) is 0.500. The molecule has 0 saturated carbocycles. The third kappa shape index (κ3) is 9.30. The van der Waals surface area contributed by atoms with Crippen LogP contribution < -0.4 is 0 Å². The summed E-state index contributed by atoms with van der Waals surface area (Å²) in [6.07, 6.45) is 6.92. The fourth-order valence-corrected chi connectivity index (χ4v) is 0.900. The van der Waals surface area contributed by atoms with Gasteiger partial charge in [0, 0.05) is 0 Å². The SMILES string of the molecule is COC=CC=CO[Si](C)(C)C. The minimum atomic E-state index is -1.38. The third-order valence-electron chi connectivity index (χ3n) is 0.826. The average Bonchev–Trinajstić information content (AvgIpc) is 1.85. The van der Waals surface area contributed by atoms with Crippen LogP contribution in [0.25, 0.3) is 0 Å². The van der Waals surface area contributed by atoms with E-state index in [1.54, 1.807) is 25.7 Å². The van der Waals surface area contributed by atoms with Gasteiger partial charge in [-0.25, -0.2) is 0 Å². The lowest BCUT2D eigenvalue weighted by molar-refractivity contribution is 0.338. The van der Waals surface area contributed by atoms with Crippen molar-refractivity contribution >= 4 is 8.32 Å². The van der Waals surface area contributed by atoms with Gasteiger partial charge in [0.25, 0.3) is 0 Å². The van der Waals surface area contributed by atoms with Gasteiger partial charge < -0.3 is 9.16 Å². The van der Waals surface area contributed by atoms with Crippen LogP contribution in [0.1, 0.15) is 0 Å². The van der Waals surface area contributed by atoms with Gasteiger partial charge in [-0.2, -0.15) is 0 Å². The van der Waals surface area contributed by atoms with Gasteiger partial charge in [0.2, 0.25) is 8.32 Å². The van der Waals surface area contributed by atoms with Crippen molar-refractivity contribution in [3.8, 4) is 0 Å². The van der Waals surface area contributed by atoms with Gasteiger partial charge in [-0.05, 0) is 31.8 Å². The summed E-state index contributed by atoms with van der Waals surface area (Å²) in [5.74, 6) is 0. The van der Waals surface area contributed by atoms with Gasteiger partial charge in [-0.3, -0.25) is 0 Å². The van der Waals surface area contributed by atoms with Crippen LogP contribution in [0, 0.1) is 0 Å². The third-order valence-corrected chi connectivity index (χ3v) is 1.67. The van der Waals surface area contributed by atoms with Crippen LogP contribution in [0.4, 0.5) is 0 Å². The Kier molecular flexibility index (Phi) is 4.69. The van der Waals surface area contributed by atoms with Gasteiger partial charge in [0.1, 0.15) is 0 Å². The van der Waals surface area contributed by atoms with Crippen LogP contribution in [-0.2, 0) is 9.16 Å². The molecule has 0 aromatic heterocycles. The molecule has 0 aromatic rings. The average molecular weight is 172 g/mol. The molecule has 0 saturated heterocycles. The number of hydrogen-bond acceptors (Lipinski definition) is 2. The van der Waals surface area contributed by atoms with E-state index in [4.69, 9.17) is 9.16 Å². The topological polar surface area (TPSA) is 18.5 Å². The van der Waals surface area contributed by atoms with Crippen LogP contribution in [0.15, 0.2) is 24.7 Å². The first-order chi connectivity index (χ1) is 5.06. The van der Waals surface area contributed by atoms with Crippen molar-refractivity contribution in [3.05, 3.63) is 24.7 Å². The zero-order valence-corrected chi connectivity index (χ0v) is 8.63. The molecule has 3 heteroatoms. The number of allylic oxidation sites excluding steroid dienone is 2. The predicted molar refractivity (Wildman–Crippen MR) is 49.7 cm³/mol. The minimum absolute atomic E-state index is 1.38. The highest BCUT2D eigenvalue weighted by Crippen LogP contribution is 2.02. The zero-order valence-electron chi connectivity index (χ0n) is 7.63. The Bertz CT molecular complexity index is 145. The summed E-state index contributed by atoms with van der Waals surface area (Å²) in [7, 11) is 0.236. The second-order valence-corrected chi connectivity index (χ2v) is 7.58. The van der Waals surface area contributed by atoms with E-state index >= 15 is 0 Å². The molecule has 0 atom stereocenters. The van der Waals surface area contributed by atoms with Crippen LogP contribution in [0.5, 0.6) is 0 Å². The summed E-state index contributed by atoms with van der Waals surface area (Å²) in [6.45, 7) is 6.41. The molecule has 0 spiro atoms. The van der Waals surface area contributed by atoms with Crippen molar-refractivity contribution in [1.82, 2.24) is 0 Å². The Morgan fingerprint density at radius 3 is 2.00 bits per heavy atom. The van der Waals surface area contributed by atoms with Crippen LogP contribution in [0.2, 0.25) is 19.6 Å².